The number of pyridine rings is 1. The smallest absolute Gasteiger partial charge is 0.260 e. The predicted molar refractivity (Wildman–Crippen MR) is 90.2 cm³/mol. The standard InChI is InChI=1S/C16H29N3O2S/c1-7-19(12-14(16(4,5)6)18-13(2)3)22(20,21)15-10-8-9-11-17-15/h8-11,13-14,18H,7,12H2,1-6H3/t14-/m1/s1. The van der Waals surface area contributed by atoms with Crippen LogP contribution in [0.2, 0.25) is 0 Å². The molecule has 0 saturated heterocycles. The van der Waals surface area contributed by atoms with Gasteiger partial charge in [-0.3, -0.25) is 0 Å². The molecule has 1 aromatic rings. The maximum atomic E-state index is 12.7. The third-order valence-electron chi connectivity index (χ3n) is 3.56. The van der Waals surface area contributed by atoms with E-state index in [1.165, 1.54) is 10.5 Å². The van der Waals surface area contributed by atoms with Gasteiger partial charge in [0.1, 0.15) is 0 Å². The Balaban J connectivity index is 3.04. The molecule has 22 heavy (non-hydrogen) atoms. The molecule has 0 saturated carbocycles. The molecule has 0 unspecified atom stereocenters. The molecule has 0 spiro atoms. The van der Waals surface area contributed by atoms with Crippen molar-refractivity contribution in [1.29, 1.82) is 0 Å². The van der Waals surface area contributed by atoms with Gasteiger partial charge in [0.2, 0.25) is 0 Å². The molecule has 0 fully saturated rings. The molecular formula is C16H29N3O2S. The van der Waals surface area contributed by atoms with E-state index >= 15 is 0 Å². The lowest BCUT2D eigenvalue weighted by atomic mass is 9.86. The van der Waals surface area contributed by atoms with Crippen LogP contribution in [0.1, 0.15) is 41.5 Å². The Bertz CT molecular complexity index is 551. The first kappa shape index (κ1) is 19.1. The zero-order chi connectivity index (χ0) is 17.0. The Morgan fingerprint density at radius 3 is 2.32 bits per heavy atom. The molecule has 0 radical (unpaired) electrons. The maximum Gasteiger partial charge on any atom is 0.260 e. The number of hydrogen-bond donors (Lipinski definition) is 1. The van der Waals surface area contributed by atoms with Crippen molar-refractivity contribution in [2.75, 3.05) is 13.1 Å². The number of nitrogens with zero attached hydrogens (tertiary/aromatic N) is 2. The van der Waals surface area contributed by atoms with Crippen molar-refractivity contribution in [1.82, 2.24) is 14.6 Å². The summed E-state index contributed by atoms with van der Waals surface area (Å²) in [6.45, 7) is 13.2. The van der Waals surface area contributed by atoms with Crippen molar-refractivity contribution in [2.24, 2.45) is 5.41 Å². The van der Waals surface area contributed by atoms with E-state index in [-0.39, 0.29) is 16.5 Å². The van der Waals surface area contributed by atoms with Gasteiger partial charge in [0.05, 0.1) is 0 Å². The normalized spacial score (nSPS) is 14.5. The number of sulfonamides is 1. The molecule has 0 aliphatic heterocycles. The highest BCUT2D eigenvalue weighted by Crippen LogP contribution is 2.23. The van der Waals surface area contributed by atoms with Gasteiger partial charge in [0.15, 0.2) is 5.03 Å². The molecule has 1 heterocycles. The molecule has 1 aromatic heterocycles. The zero-order valence-electron chi connectivity index (χ0n) is 14.5. The van der Waals surface area contributed by atoms with Gasteiger partial charge in [-0.25, -0.2) is 13.4 Å². The average Bonchev–Trinajstić information content (AvgIpc) is 2.42. The van der Waals surface area contributed by atoms with Crippen LogP contribution in [0.25, 0.3) is 0 Å². The molecule has 5 nitrogen and oxygen atoms in total. The van der Waals surface area contributed by atoms with Gasteiger partial charge in [0.25, 0.3) is 10.0 Å². The van der Waals surface area contributed by atoms with E-state index in [0.29, 0.717) is 19.1 Å². The first-order valence-electron chi connectivity index (χ1n) is 7.76. The van der Waals surface area contributed by atoms with Crippen LogP contribution in [0.15, 0.2) is 29.4 Å². The molecule has 1 atom stereocenters. The molecule has 6 heteroatoms. The number of hydrogen-bond acceptors (Lipinski definition) is 4. The second-order valence-corrected chi connectivity index (χ2v) is 8.75. The second-order valence-electron chi connectivity index (χ2n) is 6.86. The number of nitrogens with one attached hydrogen (secondary N) is 1. The minimum Gasteiger partial charge on any atom is -0.310 e. The predicted octanol–water partition coefficient (Wildman–Crippen LogP) is 2.50. The fourth-order valence-electron chi connectivity index (χ4n) is 2.21. The Labute approximate surface area is 135 Å². The van der Waals surface area contributed by atoms with E-state index in [2.05, 4.69) is 44.9 Å². The fraction of sp³-hybridized carbons (Fsp3) is 0.688. The first-order chi connectivity index (χ1) is 10.1. The Morgan fingerprint density at radius 1 is 1.27 bits per heavy atom. The van der Waals surface area contributed by atoms with Crippen LogP contribution in [0.3, 0.4) is 0 Å². The summed E-state index contributed by atoms with van der Waals surface area (Å²) in [6.07, 6.45) is 1.51. The highest BCUT2D eigenvalue weighted by Gasteiger charge is 2.32. The summed E-state index contributed by atoms with van der Waals surface area (Å²) in [6, 6.07) is 5.31. The van der Waals surface area contributed by atoms with Crippen LogP contribution in [0.4, 0.5) is 0 Å². The van der Waals surface area contributed by atoms with Gasteiger partial charge < -0.3 is 5.32 Å². The summed E-state index contributed by atoms with van der Waals surface area (Å²) in [4.78, 5) is 4.00. The van der Waals surface area contributed by atoms with E-state index in [4.69, 9.17) is 0 Å². The summed E-state index contributed by atoms with van der Waals surface area (Å²) in [5, 5.41) is 3.59. The van der Waals surface area contributed by atoms with Crippen LogP contribution in [-0.2, 0) is 10.0 Å². The lowest BCUT2D eigenvalue weighted by Crippen LogP contribution is -2.52. The molecule has 0 amide bonds. The van der Waals surface area contributed by atoms with Crippen LogP contribution < -0.4 is 5.32 Å². The van der Waals surface area contributed by atoms with E-state index in [1.54, 1.807) is 18.2 Å². The van der Waals surface area contributed by atoms with Crippen molar-refractivity contribution >= 4 is 10.0 Å². The number of aromatic nitrogens is 1. The van der Waals surface area contributed by atoms with Gasteiger partial charge in [-0.1, -0.05) is 47.6 Å². The van der Waals surface area contributed by atoms with Gasteiger partial charge in [0, 0.05) is 31.4 Å². The topological polar surface area (TPSA) is 62.3 Å². The zero-order valence-corrected chi connectivity index (χ0v) is 15.3. The summed E-state index contributed by atoms with van der Waals surface area (Å²) < 4.78 is 27.0. The molecule has 0 bridgehead atoms. The lowest BCUT2D eigenvalue weighted by Gasteiger charge is -2.36. The van der Waals surface area contributed by atoms with E-state index in [1.807, 2.05) is 6.92 Å². The fourth-order valence-corrected chi connectivity index (χ4v) is 3.61. The van der Waals surface area contributed by atoms with Crippen molar-refractivity contribution in [3.8, 4) is 0 Å². The average molecular weight is 327 g/mol. The maximum absolute atomic E-state index is 12.7. The van der Waals surface area contributed by atoms with Crippen molar-refractivity contribution in [3.63, 3.8) is 0 Å². The molecule has 126 valence electrons. The Morgan fingerprint density at radius 2 is 1.91 bits per heavy atom. The third kappa shape index (κ3) is 5.04. The van der Waals surface area contributed by atoms with Crippen molar-refractivity contribution in [3.05, 3.63) is 24.4 Å². The van der Waals surface area contributed by atoms with Gasteiger partial charge >= 0.3 is 0 Å². The van der Waals surface area contributed by atoms with Gasteiger partial charge in [-0.2, -0.15) is 4.31 Å². The van der Waals surface area contributed by atoms with Crippen molar-refractivity contribution in [2.45, 2.75) is 58.7 Å². The molecular weight excluding hydrogens is 298 g/mol. The monoisotopic (exact) mass is 327 g/mol. The van der Waals surface area contributed by atoms with E-state index in [0.717, 1.165) is 0 Å². The molecule has 0 aliphatic rings. The number of likely N-dealkylation sites (N-methyl/N-ethyl adjacent to an activating group) is 1. The van der Waals surface area contributed by atoms with Crippen LogP contribution >= 0.6 is 0 Å². The van der Waals surface area contributed by atoms with E-state index < -0.39 is 10.0 Å². The van der Waals surface area contributed by atoms with Gasteiger partial charge in [-0.15, -0.1) is 0 Å². The Hall–Kier alpha value is -0.980. The lowest BCUT2D eigenvalue weighted by molar-refractivity contribution is 0.215. The summed E-state index contributed by atoms with van der Waals surface area (Å²) >= 11 is 0. The second kappa shape index (κ2) is 7.53. The Kier molecular flexibility index (Phi) is 6.52. The minimum absolute atomic E-state index is 0.0443. The third-order valence-corrected chi connectivity index (χ3v) is 5.42. The van der Waals surface area contributed by atoms with Gasteiger partial charge in [-0.05, 0) is 17.5 Å². The molecule has 1 N–H and O–H groups in total. The molecule has 1 rings (SSSR count). The highest BCUT2D eigenvalue weighted by molar-refractivity contribution is 7.89. The summed E-state index contributed by atoms with van der Waals surface area (Å²) in [5.74, 6) is 0. The van der Waals surface area contributed by atoms with Crippen LogP contribution in [0.5, 0.6) is 0 Å². The highest BCUT2D eigenvalue weighted by atomic mass is 32.2. The first-order valence-corrected chi connectivity index (χ1v) is 9.20. The summed E-state index contributed by atoms with van der Waals surface area (Å²) in [5.41, 5.74) is -0.0443. The van der Waals surface area contributed by atoms with E-state index in [9.17, 15) is 8.42 Å². The molecule has 0 aromatic carbocycles. The molecule has 0 aliphatic carbocycles. The number of rotatable bonds is 7. The SMILES string of the molecule is CCN(C[C@@H](NC(C)C)C(C)(C)C)S(=O)(=O)c1ccccn1. The minimum atomic E-state index is -3.56. The van der Waals surface area contributed by atoms with Crippen LogP contribution in [0, 0.1) is 5.41 Å². The van der Waals surface area contributed by atoms with Crippen molar-refractivity contribution < 1.29 is 8.42 Å². The summed E-state index contributed by atoms with van der Waals surface area (Å²) in [7, 11) is -3.56. The quantitative estimate of drug-likeness (QED) is 0.836. The largest absolute Gasteiger partial charge is 0.310 e. The van der Waals surface area contributed by atoms with Crippen LogP contribution in [-0.4, -0.2) is 42.9 Å².